The Bertz CT molecular complexity index is 1730. The smallest absolute Gasteiger partial charge is 0.264 e. The number of hydrogen-bond acceptors (Lipinski definition) is 4. The first kappa shape index (κ1) is 33.7. The monoisotopic (exact) mass is 649 g/mol. The van der Waals surface area contributed by atoms with Crippen LogP contribution in [0.5, 0.6) is 0 Å². The van der Waals surface area contributed by atoms with Gasteiger partial charge in [0.25, 0.3) is 10.0 Å². The van der Waals surface area contributed by atoms with E-state index in [9.17, 15) is 22.4 Å². The van der Waals surface area contributed by atoms with Gasteiger partial charge in [-0.25, -0.2) is 12.8 Å². The second-order valence-electron chi connectivity index (χ2n) is 11.8. The summed E-state index contributed by atoms with van der Waals surface area (Å²) in [6, 6.07) is 26.5. The molecule has 0 fully saturated rings. The predicted octanol–water partition coefficient (Wildman–Crippen LogP) is 6.54. The zero-order chi connectivity index (χ0) is 32.8. The average molecular weight is 650 g/mol. The molecule has 0 aromatic heterocycles. The molecule has 1 N–H and O–H groups in total. The third-order valence-corrected chi connectivity index (χ3v) is 9.13. The number of amides is 2. The van der Waals surface area contributed by atoms with E-state index in [0.29, 0.717) is 21.8 Å². The fourth-order valence-corrected chi connectivity index (χ4v) is 6.49. The molecule has 0 radical (unpaired) electrons. The van der Waals surface area contributed by atoms with Gasteiger partial charge in [0.1, 0.15) is 18.4 Å². The molecule has 1 unspecified atom stereocenters. The van der Waals surface area contributed by atoms with Gasteiger partial charge < -0.3 is 10.2 Å². The molecule has 0 bridgehead atoms. The molecular weight excluding hydrogens is 613 g/mol. The first-order valence-electron chi connectivity index (χ1n) is 14.5. The molecule has 4 rings (SSSR count). The van der Waals surface area contributed by atoms with Crippen LogP contribution in [-0.4, -0.2) is 43.3 Å². The number of carbonyl (C=O) groups is 2. The number of benzene rings is 4. The molecule has 4 aromatic rings. The van der Waals surface area contributed by atoms with Gasteiger partial charge in [0.15, 0.2) is 0 Å². The van der Waals surface area contributed by atoms with Crippen LogP contribution in [0.2, 0.25) is 5.02 Å². The van der Waals surface area contributed by atoms with E-state index in [4.69, 9.17) is 11.6 Å². The van der Waals surface area contributed by atoms with Crippen LogP contribution in [0.4, 0.5) is 10.1 Å². The van der Waals surface area contributed by atoms with Crippen molar-refractivity contribution in [2.75, 3.05) is 10.8 Å². The molecule has 7 nitrogen and oxygen atoms in total. The minimum atomic E-state index is -4.26. The third kappa shape index (κ3) is 8.93. The summed E-state index contributed by atoms with van der Waals surface area (Å²) in [6.45, 7) is 6.64. The topological polar surface area (TPSA) is 86.8 Å². The van der Waals surface area contributed by atoms with E-state index < -0.39 is 45.8 Å². The molecule has 4 aromatic carbocycles. The highest BCUT2D eigenvalue weighted by Crippen LogP contribution is 2.28. The number of para-hydroxylation sites is 1. The van der Waals surface area contributed by atoms with Crippen molar-refractivity contribution in [3.63, 3.8) is 0 Å². The van der Waals surface area contributed by atoms with Crippen LogP contribution < -0.4 is 9.62 Å². The summed E-state index contributed by atoms with van der Waals surface area (Å²) in [6.07, 6.45) is 0.171. The van der Waals surface area contributed by atoms with Crippen LogP contribution >= 0.6 is 11.6 Å². The second-order valence-corrected chi connectivity index (χ2v) is 14.1. The minimum absolute atomic E-state index is 0.0423. The zero-order valence-electron chi connectivity index (χ0n) is 25.7. The summed E-state index contributed by atoms with van der Waals surface area (Å²) in [5, 5.41) is 3.36. The lowest BCUT2D eigenvalue weighted by atomic mass is 10.0. The van der Waals surface area contributed by atoms with Crippen molar-refractivity contribution < 1.29 is 22.4 Å². The molecule has 10 heteroatoms. The summed E-state index contributed by atoms with van der Waals surface area (Å²) in [5.41, 5.74) is 1.74. The van der Waals surface area contributed by atoms with Crippen LogP contribution in [0.1, 0.15) is 37.5 Å². The number of anilines is 1. The van der Waals surface area contributed by atoms with Crippen LogP contribution in [0.3, 0.4) is 0 Å². The molecule has 0 saturated carbocycles. The highest BCUT2D eigenvalue weighted by Gasteiger charge is 2.36. The number of halogens is 2. The van der Waals surface area contributed by atoms with Crippen molar-refractivity contribution in [3.8, 4) is 0 Å². The van der Waals surface area contributed by atoms with Crippen LogP contribution in [-0.2, 0) is 32.6 Å². The lowest BCUT2D eigenvalue weighted by molar-refractivity contribution is -0.140. The van der Waals surface area contributed by atoms with Gasteiger partial charge in [0, 0.05) is 23.5 Å². The van der Waals surface area contributed by atoms with Crippen molar-refractivity contribution in [3.05, 3.63) is 131 Å². The van der Waals surface area contributed by atoms with Gasteiger partial charge in [-0.05, 0) is 86.8 Å². The summed E-state index contributed by atoms with van der Waals surface area (Å²) in [4.78, 5) is 29.7. The van der Waals surface area contributed by atoms with E-state index in [0.717, 1.165) is 9.87 Å². The van der Waals surface area contributed by atoms with Crippen molar-refractivity contribution in [2.45, 2.75) is 57.1 Å². The van der Waals surface area contributed by atoms with Gasteiger partial charge >= 0.3 is 0 Å². The van der Waals surface area contributed by atoms with Crippen LogP contribution in [0, 0.1) is 12.7 Å². The number of carbonyl (C=O) groups excluding carboxylic acids is 2. The van der Waals surface area contributed by atoms with Gasteiger partial charge in [-0.2, -0.15) is 0 Å². The molecule has 236 valence electrons. The predicted molar refractivity (Wildman–Crippen MR) is 176 cm³/mol. The Morgan fingerprint density at radius 1 is 0.844 bits per heavy atom. The van der Waals surface area contributed by atoms with Crippen molar-refractivity contribution in [2.24, 2.45) is 0 Å². The number of sulfonamides is 1. The summed E-state index contributed by atoms with van der Waals surface area (Å²) >= 11 is 6.04. The van der Waals surface area contributed by atoms with E-state index in [1.54, 1.807) is 43.3 Å². The number of aryl methyl sites for hydroxylation is 1. The molecule has 0 aliphatic rings. The molecule has 0 aliphatic heterocycles. The van der Waals surface area contributed by atoms with Gasteiger partial charge in [0.2, 0.25) is 11.8 Å². The number of nitrogens with one attached hydrogen (secondary N) is 1. The van der Waals surface area contributed by atoms with Gasteiger partial charge in [-0.15, -0.1) is 0 Å². The Balaban J connectivity index is 1.82. The summed E-state index contributed by atoms with van der Waals surface area (Å²) in [5.74, 6) is -1.45. The zero-order valence-corrected chi connectivity index (χ0v) is 27.3. The first-order chi connectivity index (χ1) is 21.2. The average Bonchev–Trinajstić information content (AvgIpc) is 2.99. The quantitative estimate of drug-likeness (QED) is 0.200. The van der Waals surface area contributed by atoms with Crippen LogP contribution in [0.25, 0.3) is 0 Å². The van der Waals surface area contributed by atoms with Crippen molar-refractivity contribution >= 4 is 39.1 Å². The Hall–Kier alpha value is -4.21. The molecule has 0 saturated heterocycles. The SMILES string of the molecule is Cc1ccccc1N(CC(=O)N(Cc1ccc(F)cc1)C(Cc1ccccc1)C(=O)NC(C)(C)C)S(=O)(=O)c1ccc(Cl)cc1. The Labute approximate surface area is 269 Å². The molecule has 0 heterocycles. The standard InChI is InChI=1S/C35H37ClFN3O4S/c1-25-10-8-9-13-31(25)40(45(43,44)30-20-16-28(36)17-21-30)24-33(41)39(23-27-14-18-29(37)19-15-27)32(34(42)38-35(2,3)4)22-26-11-6-5-7-12-26/h5-21,32H,22-24H2,1-4H3,(H,38,42). The first-order valence-corrected chi connectivity index (χ1v) is 16.3. The van der Waals surface area contributed by atoms with E-state index in [-0.39, 0.29) is 17.9 Å². The number of rotatable bonds is 11. The number of nitrogens with zero attached hydrogens (tertiary/aromatic N) is 2. The maximum atomic E-state index is 14.5. The Morgan fingerprint density at radius 2 is 1.44 bits per heavy atom. The largest absolute Gasteiger partial charge is 0.350 e. The third-order valence-electron chi connectivity index (χ3n) is 7.10. The highest BCUT2D eigenvalue weighted by atomic mass is 35.5. The maximum Gasteiger partial charge on any atom is 0.264 e. The molecular formula is C35H37ClFN3O4S. The molecule has 2 amide bonds. The summed E-state index contributed by atoms with van der Waals surface area (Å²) in [7, 11) is -4.26. The minimum Gasteiger partial charge on any atom is -0.350 e. The molecule has 0 aliphatic carbocycles. The normalized spacial score (nSPS) is 12.3. The van der Waals surface area contributed by atoms with Crippen molar-refractivity contribution in [1.29, 1.82) is 0 Å². The highest BCUT2D eigenvalue weighted by molar-refractivity contribution is 7.92. The lowest BCUT2D eigenvalue weighted by Crippen LogP contribution is -2.56. The fourth-order valence-electron chi connectivity index (χ4n) is 4.88. The molecule has 0 spiro atoms. The fraction of sp³-hybridized carbons (Fsp3) is 0.257. The Morgan fingerprint density at radius 3 is 2.04 bits per heavy atom. The Kier molecular flexibility index (Phi) is 10.7. The second kappa shape index (κ2) is 14.3. The van der Waals surface area contributed by atoms with Gasteiger partial charge in [-0.3, -0.25) is 13.9 Å². The maximum absolute atomic E-state index is 14.5. The van der Waals surface area contributed by atoms with Gasteiger partial charge in [0.05, 0.1) is 10.6 Å². The number of hydrogen-bond donors (Lipinski definition) is 1. The lowest BCUT2D eigenvalue weighted by Gasteiger charge is -2.35. The molecule has 1 atom stereocenters. The summed E-state index contributed by atoms with van der Waals surface area (Å²) < 4.78 is 43.1. The van der Waals surface area contributed by atoms with E-state index >= 15 is 0 Å². The van der Waals surface area contributed by atoms with Gasteiger partial charge in [-0.1, -0.05) is 72.3 Å². The van der Waals surface area contributed by atoms with Crippen LogP contribution in [0.15, 0.2) is 108 Å². The molecule has 45 heavy (non-hydrogen) atoms. The van der Waals surface area contributed by atoms with Crippen molar-refractivity contribution in [1.82, 2.24) is 10.2 Å². The van der Waals surface area contributed by atoms with E-state index in [1.807, 2.05) is 51.1 Å². The van der Waals surface area contributed by atoms with E-state index in [2.05, 4.69) is 5.32 Å². The van der Waals surface area contributed by atoms with E-state index in [1.165, 1.54) is 41.3 Å².